The second-order valence-electron chi connectivity index (χ2n) is 5.88. The van der Waals surface area contributed by atoms with Gasteiger partial charge in [-0.2, -0.15) is 0 Å². The van der Waals surface area contributed by atoms with Gasteiger partial charge in [0.15, 0.2) is 6.61 Å². The molecule has 132 valence electrons. The van der Waals surface area contributed by atoms with Gasteiger partial charge in [0.1, 0.15) is 16.3 Å². The Bertz CT molecular complexity index is 977. The number of thiophene rings is 1. The number of ketones is 1. The van der Waals surface area contributed by atoms with E-state index >= 15 is 0 Å². The van der Waals surface area contributed by atoms with Gasteiger partial charge in [-0.25, -0.2) is 9.59 Å². The molecule has 0 amide bonds. The molecule has 3 rings (SSSR count). The van der Waals surface area contributed by atoms with E-state index in [0.29, 0.717) is 4.88 Å². The summed E-state index contributed by atoms with van der Waals surface area (Å²) < 4.78 is 6.82. The van der Waals surface area contributed by atoms with Gasteiger partial charge < -0.3 is 10.5 Å². The number of hydrogen-bond acceptors (Lipinski definition) is 7. The van der Waals surface area contributed by atoms with Crippen LogP contribution in [-0.2, 0) is 31.7 Å². The van der Waals surface area contributed by atoms with E-state index < -0.39 is 29.6 Å². The molecule has 1 aliphatic rings. The van der Waals surface area contributed by atoms with Crippen LogP contribution in [-0.4, -0.2) is 27.5 Å². The molecule has 0 unspecified atom stereocenters. The van der Waals surface area contributed by atoms with Crippen LogP contribution < -0.4 is 17.0 Å². The summed E-state index contributed by atoms with van der Waals surface area (Å²) in [5.74, 6) is -1.59. The lowest BCUT2D eigenvalue weighted by molar-refractivity contribution is 0.0479. The third kappa shape index (κ3) is 2.91. The molecule has 0 saturated heterocycles. The topological polar surface area (TPSA) is 113 Å². The fourth-order valence-electron chi connectivity index (χ4n) is 2.83. The molecule has 0 fully saturated rings. The smallest absolute Gasteiger partial charge is 0.348 e. The van der Waals surface area contributed by atoms with E-state index in [1.807, 2.05) is 0 Å². The zero-order valence-corrected chi connectivity index (χ0v) is 14.6. The molecule has 8 nitrogen and oxygen atoms in total. The van der Waals surface area contributed by atoms with E-state index in [1.54, 1.807) is 6.07 Å². The summed E-state index contributed by atoms with van der Waals surface area (Å²) in [5.41, 5.74) is 5.06. The van der Waals surface area contributed by atoms with E-state index in [2.05, 4.69) is 0 Å². The lowest BCUT2D eigenvalue weighted by Crippen LogP contribution is -2.42. The average molecular weight is 363 g/mol. The highest BCUT2D eigenvalue weighted by Crippen LogP contribution is 2.30. The van der Waals surface area contributed by atoms with Gasteiger partial charge in [0.2, 0.25) is 5.78 Å². The second kappa shape index (κ2) is 6.32. The van der Waals surface area contributed by atoms with E-state index in [4.69, 9.17) is 10.5 Å². The van der Waals surface area contributed by atoms with Crippen LogP contribution in [0.5, 0.6) is 0 Å². The van der Waals surface area contributed by atoms with Gasteiger partial charge in [-0.15, -0.1) is 11.3 Å². The number of nitrogens with zero attached hydrogens (tertiary/aromatic N) is 2. The Kier molecular flexibility index (Phi) is 4.34. The normalized spacial score (nSPS) is 12.9. The monoisotopic (exact) mass is 363 g/mol. The summed E-state index contributed by atoms with van der Waals surface area (Å²) in [5, 5.41) is 0. The molecule has 0 bridgehead atoms. The van der Waals surface area contributed by atoms with Gasteiger partial charge in [-0.05, 0) is 30.9 Å². The number of carbonyl (C=O) groups is 2. The van der Waals surface area contributed by atoms with Crippen LogP contribution in [0.25, 0.3) is 0 Å². The highest BCUT2D eigenvalue weighted by atomic mass is 32.1. The van der Waals surface area contributed by atoms with E-state index in [-0.39, 0.29) is 11.4 Å². The SMILES string of the molecule is Cn1c(N)c(C(=O)COC(=O)c2cc3c(s2)CCC3)c(=O)n(C)c1=O. The maximum Gasteiger partial charge on any atom is 0.348 e. The van der Waals surface area contributed by atoms with Crippen LogP contribution in [0.15, 0.2) is 15.7 Å². The molecule has 2 N–H and O–H groups in total. The molecule has 0 aromatic carbocycles. The number of nitrogens with two attached hydrogens (primary N) is 1. The molecular weight excluding hydrogens is 346 g/mol. The van der Waals surface area contributed by atoms with E-state index in [1.165, 1.54) is 30.3 Å². The van der Waals surface area contributed by atoms with Crippen LogP contribution in [0, 0.1) is 0 Å². The minimum absolute atomic E-state index is 0.246. The lowest BCUT2D eigenvalue weighted by atomic mass is 10.2. The van der Waals surface area contributed by atoms with Crippen LogP contribution in [0.2, 0.25) is 0 Å². The van der Waals surface area contributed by atoms with Gasteiger partial charge >= 0.3 is 11.7 Å². The first kappa shape index (κ1) is 17.2. The molecule has 1 aliphatic carbocycles. The van der Waals surface area contributed by atoms with Gasteiger partial charge in [-0.3, -0.25) is 18.7 Å². The third-order valence-electron chi connectivity index (χ3n) is 4.27. The number of hydrogen-bond donors (Lipinski definition) is 1. The van der Waals surface area contributed by atoms with Crippen molar-refractivity contribution < 1.29 is 14.3 Å². The molecule has 0 spiro atoms. The molecule has 0 radical (unpaired) electrons. The standard InChI is InChI=1S/C16H17N3O5S/c1-18-13(17)12(14(21)19(2)16(18)23)9(20)7-24-15(22)11-6-8-4-3-5-10(8)25-11/h6H,3-5,7,17H2,1-2H3. The van der Waals surface area contributed by atoms with Crippen molar-refractivity contribution >= 4 is 28.9 Å². The molecule has 0 saturated carbocycles. The summed E-state index contributed by atoms with van der Waals surface area (Å²) in [4.78, 5) is 49.9. The zero-order valence-electron chi connectivity index (χ0n) is 13.8. The molecule has 0 aliphatic heterocycles. The minimum atomic E-state index is -0.809. The fraction of sp³-hybridized carbons (Fsp3) is 0.375. The van der Waals surface area contributed by atoms with Crippen molar-refractivity contribution in [1.29, 1.82) is 0 Å². The van der Waals surface area contributed by atoms with Crippen molar-refractivity contribution in [1.82, 2.24) is 9.13 Å². The Morgan fingerprint density at radius 3 is 2.64 bits per heavy atom. The maximum absolute atomic E-state index is 12.3. The Hall–Kier alpha value is -2.68. The molecule has 2 heterocycles. The summed E-state index contributed by atoms with van der Waals surface area (Å²) in [6.45, 7) is -0.612. The number of nitrogen functional groups attached to an aromatic ring is 1. The first-order chi connectivity index (χ1) is 11.8. The number of aromatic nitrogens is 2. The zero-order chi connectivity index (χ0) is 18.3. The first-order valence-corrected chi connectivity index (χ1v) is 8.50. The van der Waals surface area contributed by atoms with Gasteiger partial charge in [0, 0.05) is 19.0 Å². The van der Waals surface area contributed by atoms with Crippen LogP contribution >= 0.6 is 11.3 Å². The van der Waals surface area contributed by atoms with Crippen molar-refractivity contribution in [2.45, 2.75) is 19.3 Å². The summed E-state index contributed by atoms with van der Waals surface area (Å²) >= 11 is 1.37. The molecule has 9 heteroatoms. The average Bonchev–Trinajstić information content (AvgIpc) is 3.18. The fourth-order valence-corrected chi connectivity index (χ4v) is 3.97. The lowest BCUT2D eigenvalue weighted by Gasteiger charge is -2.10. The highest BCUT2D eigenvalue weighted by molar-refractivity contribution is 7.14. The Balaban J connectivity index is 1.78. The highest BCUT2D eigenvalue weighted by Gasteiger charge is 2.23. The second-order valence-corrected chi connectivity index (χ2v) is 7.01. The quantitative estimate of drug-likeness (QED) is 0.616. The number of carbonyl (C=O) groups excluding carboxylic acids is 2. The summed E-state index contributed by atoms with van der Waals surface area (Å²) in [6, 6.07) is 1.79. The number of anilines is 1. The van der Waals surface area contributed by atoms with Gasteiger partial charge in [0.05, 0.1) is 0 Å². The predicted octanol–water partition coefficient (Wildman–Crippen LogP) is 0.256. The molecular formula is C16H17N3O5S. The van der Waals surface area contributed by atoms with Crippen molar-refractivity contribution in [3.63, 3.8) is 0 Å². The molecule has 25 heavy (non-hydrogen) atoms. The first-order valence-electron chi connectivity index (χ1n) is 7.68. The van der Waals surface area contributed by atoms with E-state index in [9.17, 15) is 19.2 Å². The molecule has 2 aromatic rings. The van der Waals surface area contributed by atoms with Crippen molar-refractivity contribution in [2.24, 2.45) is 14.1 Å². The van der Waals surface area contributed by atoms with E-state index in [0.717, 1.165) is 34.0 Å². The largest absolute Gasteiger partial charge is 0.453 e. The summed E-state index contributed by atoms with van der Waals surface area (Å²) in [6.07, 6.45) is 2.99. The van der Waals surface area contributed by atoms with Crippen LogP contribution in [0.4, 0.5) is 5.82 Å². The number of rotatable bonds is 4. The maximum atomic E-state index is 12.3. The van der Waals surface area contributed by atoms with Gasteiger partial charge in [0.25, 0.3) is 5.56 Å². The third-order valence-corrected chi connectivity index (χ3v) is 5.49. The number of fused-ring (bicyclic) bond motifs is 1. The van der Waals surface area contributed by atoms with Crippen molar-refractivity contribution in [3.8, 4) is 0 Å². The van der Waals surface area contributed by atoms with Crippen molar-refractivity contribution in [3.05, 3.63) is 47.8 Å². The van der Waals surface area contributed by atoms with Crippen LogP contribution in [0.1, 0.15) is 36.9 Å². The van der Waals surface area contributed by atoms with Crippen molar-refractivity contribution in [2.75, 3.05) is 12.3 Å². The number of ether oxygens (including phenoxy) is 1. The Morgan fingerprint density at radius 2 is 1.96 bits per heavy atom. The number of esters is 1. The summed E-state index contributed by atoms with van der Waals surface area (Å²) in [7, 11) is 2.60. The molecule has 0 atom stereocenters. The Morgan fingerprint density at radius 1 is 1.24 bits per heavy atom. The van der Waals surface area contributed by atoms with Gasteiger partial charge in [-0.1, -0.05) is 0 Å². The minimum Gasteiger partial charge on any atom is -0.453 e. The molecule has 2 aromatic heterocycles. The Labute approximate surface area is 146 Å². The number of Topliss-reactive ketones (excluding diaryl/α,β-unsaturated/α-hetero) is 1. The predicted molar refractivity (Wildman–Crippen MR) is 92.3 cm³/mol. The van der Waals surface area contributed by atoms with Crippen LogP contribution in [0.3, 0.4) is 0 Å². The number of aryl methyl sites for hydroxylation is 2.